The molecule has 0 aliphatic heterocycles. The van der Waals surface area contributed by atoms with Gasteiger partial charge < -0.3 is 4.74 Å². The zero-order valence-electron chi connectivity index (χ0n) is 8.15. The van der Waals surface area contributed by atoms with Crippen LogP contribution in [0.25, 0.3) is 0 Å². The van der Waals surface area contributed by atoms with Crippen molar-refractivity contribution in [2.75, 3.05) is 7.11 Å². The molecule has 0 bridgehead atoms. The Bertz CT molecular complexity index is 493. The Morgan fingerprint density at radius 3 is 2.47 bits per heavy atom. The number of benzene rings is 1. The van der Waals surface area contributed by atoms with Gasteiger partial charge in [-0.05, 0) is 24.6 Å². The summed E-state index contributed by atoms with van der Waals surface area (Å²) >= 11 is 0. The number of carbonyl (C=O) groups excluding carboxylic acids is 1. The molecule has 0 spiro atoms. The minimum Gasteiger partial charge on any atom is -0.465 e. The van der Waals surface area contributed by atoms with Gasteiger partial charge in [-0.2, -0.15) is 8.42 Å². The third-order valence-corrected chi connectivity index (χ3v) is 2.67. The molecule has 1 rings (SSSR count). The average molecular weight is 232 g/mol. The van der Waals surface area contributed by atoms with E-state index in [-0.39, 0.29) is 5.56 Å². The molecule has 0 N–H and O–H groups in total. The molecule has 0 heterocycles. The van der Waals surface area contributed by atoms with Gasteiger partial charge in [0.05, 0.1) is 12.7 Å². The van der Waals surface area contributed by atoms with Gasteiger partial charge in [0.25, 0.3) is 0 Å². The van der Waals surface area contributed by atoms with E-state index in [1.165, 1.54) is 12.1 Å². The molecule has 15 heavy (non-hydrogen) atoms. The Labute approximate surface area is 86.9 Å². The fraction of sp³-hybridized carbons (Fsp3) is 0.222. The number of ether oxygens (including phenoxy) is 1. The zero-order valence-corrected chi connectivity index (χ0v) is 8.97. The van der Waals surface area contributed by atoms with E-state index in [2.05, 4.69) is 4.74 Å². The van der Waals surface area contributed by atoms with Crippen molar-refractivity contribution >= 4 is 16.2 Å². The first-order chi connectivity index (χ1) is 6.86. The van der Waals surface area contributed by atoms with Crippen molar-refractivity contribution in [3.8, 4) is 0 Å². The standard InChI is InChI=1S/C9H9FO4S/c1-6-3-4-7(9(11)14-2)8(5-6)15(10,12)13/h3-5H,1-2H3. The van der Waals surface area contributed by atoms with Crippen LogP contribution in [-0.4, -0.2) is 21.5 Å². The van der Waals surface area contributed by atoms with Crippen molar-refractivity contribution in [3.05, 3.63) is 29.3 Å². The van der Waals surface area contributed by atoms with Crippen molar-refractivity contribution in [1.29, 1.82) is 0 Å². The Morgan fingerprint density at radius 1 is 1.40 bits per heavy atom. The van der Waals surface area contributed by atoms with E-state index in [4.69, 9.17) is 0 Å². The first kappa shape index (κ1) is 11.6. The number of carbonyl (C=O) groups is 1. The minimum absolute atomic E-state index is 0.300. The summed E-state index contributed by atoms with van der Waals surface area (Å²) in [5, 5.41) is 0. The quantitative estimate of drug-likeness (QED) is 0.571. The summed E-state index contributed by atoms with van der Waals surface area (Å²) in [6.45, 7) is 1.59. The molecule has 1 aromatic carbocycles. The normalized spacial score (nSPS) is 11.1. The highest BCUT2D eigenvalue weighted by molar-refractivity contribution is 7.86. The second-order valence-electron chi connectivity index (χ2n) is 2.93. The van der Waals surface area contributed by atoms with Gasteiger partial charge in [0.15, 0.2) is 0 Å². The largest absolute Gasteiger partial charge is 0.465 e. The van der Waals surface area contributed by atoms with Crippen LogP contribution >= 0.6 is 0 Å². The van der Waals surface area contributed by atoms with Crippen LogP contribution in [0, 0.1) is 6.92 Å². The second kappa shape index (κ2) is 3.98. The summed E-state index contributed by atoms with van der Waals surface area (Å²) in [4.78, 5) is 10.5. The first-order valence-corrected chi connectivity index (χ1v) is 5.38. The highest BCUT2D eigenvalue weighted by Crippen LogP contribution is 2.20. The number of aryl methyl sites for hydroxylation is 1. The fourth-order valence-electron chi connectivity index (χ4n) is 1.11. The number of esters is 1. The molecule has 0 saturated carbocycles. The van der Waals surface area contributed by atoms with Crippen LogP contribution in [0.15, 0.2) is 23.1 Å². The Hall–Kier alpha value is -1.43. The molecule has 0 radical (unpaired) electrons. The monoisotopic (exact) mass is 232 g/mol. The molecule has 82 valence electrons. The van der Waals surface area contributed by atoms with Gasteiger partial charge in [-0.1, -0.05) is 6.07 Å². The van der Waals surface area contributed by atoms with Gasteiger partial charge in [0.2, 0.25) is 0 Å². The van der Waals surface area contributed by atoms with E-state index in [1.54, 1.807) is 6.92 Å². The Balaban J connectivity index is 3.47. The van der Waals surface area contributed by atoms with Crippen LogP contribution in [0.4, 0.5) is 3.89 Å². The summed E-state index contributed by atoms with van der Waals surface area (Å²) < 4.78 is 38.7. The maximum Gasteiger partial charge on any atom is 0.339 e. The average Bonchev–Trinajstić information content (AvgIpc) is 2.15. The Morgan fingerprint density at radius 2 is 2.00 bits per heavy atom. The highest BCUT2D eigenvalue weighted by Gasteiger charge is 2.22. The lowest BCUT2D eigenvalue weighted by atomic mass is 10.1. The molecule has 0 aromatic heterocycles. The molecule has 6 heteroatoms. The number of methoxy groups -OCH3 is 1. The number of rotatable bonds is 2. The lowest BCUT2D eigenvalue weighted by Gasteiger charge is -2.04. The zero-order chi connectivity index (χ0) is 11.6. The molecular formula is C9H9FO4S. The van der Waals surface area contributed by atoms with Crippen LogP contribution in [0.3, 0.4) is 0 Å². The number of hydrogen-bond acceptors (Lipinski definition) is 4. The molecule has 0 aliphatic rings. The van der Waals surface area contributed by atoms with E-state index in [0.717, 1.165) is 13.2 Å². The van der Waals surface area contributed by atoms with Crippen LogP contribution in [0.1, 0.15) is 15.9 Å². The number of hydrogen-bond donors (Lipinski definition) is 0. The van der Waals surface area contributed by atoms with Gasteiger partial charge in [-0.25, -0.2) is 4.79 Å². The smallest absolute Gasteiger partial charge is 0.339 e. The molecule has 1 aromatic rings. The fourth-order valence-corrected chi connectivity index (χ4v) is 1.85. The molecule has 0 atom stereocenters. The van der Waals surface area contributed by atoms with Gasteiger partial charge in [-0.3, -0.25) is 0 Å². The summed E-state index contributed by atoms with van der Waals surface area (Å²) in [5.74, 6) is -0.883. The topological polar surface area (TPSA) is 60.4 Å². The number of halogens is 1. The second-order valence-corrected chi connectivity index (χ2v) is 4.24. The molecule has 0 fully saturated rings. The van der Waals surface area contributed by atoms with Crippen LogP contribution < -0.4 is 0 Å². The summed E-state index contributed by atoms with van der Waals surface area (Å²) in [5.41, 5.74) is 0.240. The lowest BCUT2D eigenvalue weighted by molar-refractivity contribution is 0.0596. The molecule has 4 nitrogen and oxygen atoms in total. The predicted molar refractivity (Wildman–Crippen MR) is 50.8 cm³/mol. The van der Waals surface area contributed by atoms with E-state index < -0.39 is 21.1 Å². The van der Waals surface area contributed by atoms with Crippen LogP contribution in [-0.2, 0) is 15.0 Å². The SMILES string of the molecule is COC(=O)c1ccc(C)cc1S(=O)(=O)F. The van der Waals surface area contributed by atoms with Crippen molar-refractivity contribution < 1.29 is 21.8 Å². The van der Waals surface area contributed by atoms with Crippen LogP contribution in [0.5, 0.6) is 0 Å². The van der Waals surface area contributed by atoms with E-state index in [9.17, 15) is 17.1 Å². The molecule has 0 saturated heterocycles. The third-order valence-electron chi connectivity index (χ3n) is 1.81. The summed E-state index contributed by atoms with van der Waals surface area (Å²) in [6, 6.07) is 3.80. The lowest BCUT2D eigenvalue weighted by Crippen LogP contribution is -2.08. The van der Waals surface area contributed by atoms with Crippen molar-refractivity contribution in [3.63, 3.8) is 0 Å². The minimum atomic E-state index is -4.91. The van der Waals surface area contributed by atoms with E-state index in [1.807, 2.05) is 0 Å². The maximum absolute atomic E-state index is 12.8. The molecule has 0 aliphatic carbocycles. The van der Waals surface area contributed by atoms with Crippen molar-refractivity contribution in [2.45, 2.75) is 11.8 Å². The van der Waals surface area contributed by atoms with E-state index >= 15 is 0 Å². The molecule has 0 unspecified atom stereocenters. The van der Waals surface area contributed by atoms with Gasteiger partial charge >= 0.3 is 16.2 Å². The van der Waals surface area contributed by atoms with Crippen LogP contribution in [0.2, 0.25) is 0 Å². The maximum atomic E-state index is 12.8. The van der Waals surface area contributed by atoms with Gasteiger partial charge in [-0.15, -0.1) is 3.89 Å². The molecular weight excluding hydrogens is 223 g/mol. The Kier molecular flexibility index (Phi) is 3.09. The van der Waals surface area contributed by atoms with Gasteiger partial charge in [0, 0.05) is 0 Å². The predicted octanol–water partition coefficient (Wildman–Crippen LogP) is 1.44. The first-order valence-electron chi connectivity index (χ1n) is 4.00. The highest BCUT2D eigenvalue weighted by atomic mass is 32.3. The summed E-state index contributed by atoms with van der Waals surface area (Å²) in [7, 11) is -3.82. The molecule has 0 amide bonds. The van der Waals surface area contributed by atoms with Crippen molar-refractivity contribution in [2.24, 2.45) is 0 Å². The summed E-state index contributed by atoms with van der Waals surface area (Å²) in [6.07, 6.45) is 0. The van der Waals surface area contributed by atoms with Crippen molar-refractivity contribution in [1.82, 2.24) is 0 Å². The van der Waals surface area contributed by atoms with Gasteiger partial charge in [0.1, 0.15) is 4.90 Å². The third kappa shape index (κ3) is 2.53. The van der Waals surface area contributed by atoms with E-state index in [0.29, 0.717) is 5.56 Å².